The van der Waals surface area contributed by atoms with E-state index >= 15 is 0 Å². The number of rotatable bonds is 4. The van der Waals surface area contributed by atoms with Gasteiger partial charge >= 0.3 is 11.9 Å². The van der Waals surface area contributed by atoms with Crippen molar-refractivity contribution in [1.82, 2.24) is 5.32 Å². The number of carboxylic acids is 2. The van der Waals surface area contributed by atoms with Gasteiger partial charge in [-0.3, -0.25) is 19.7 Å². The number of anilines is 1. The Bertz CT molecular complexity index is 1100. The van der Waals surface area contributed by atoms with Crippen LogP contribution in [0, 0.1) is 11.8 Å². The standard InChI is InChI=1S/C20H15BrN2O7/c21-9-4-5-12(24)11(7-9)15-13-14(16(22-15)20(29)30)18(26)23(17(13)25)10-3-1-2-8(6-10)19(27)28/h1-7,13-16,22,24H,(H,27,28)(H,29,30)/t13-,14-,15-,16+/m0/s1. The van der Waals surface area contributed by atoms with E-state index in [1.165, 1.54) is 30.3 Å². The van der Waals surface area contributed by atoms with E-state index in [4.69, 9.17) is 0 Å². The van der Waals surface area contributed by atoms with Crippen molar-refractivity contribution in [3.8, 4) is 5.75 Å². The molecule has 10 heteroatoms. The number of imide groups is 1. The third-order valence-electron chi connectivity index (χ3n) is 5.42. The molecule has 0 unspecified atom stereocenters. The summed E-state index contributed by atoms with van der Waals surface area (Å²) in [6.07, 6.45) is 0. The molecule has 154 valence electrons. The molecule has 2 aromatic rings. The molecule has 0 spiro atoms. The first-order valence-electron chi connectivity index (χ1n) is 8.89. The quantitative estimate of drug-likeness (QED) is 0.490. The van der Waals surface area contributed by atoms with Crippen LogP contribution in [0.25, 0.3) is 0 Å². The van der Waals surface area contributed by atoms with Crippen molar-refractivity contribution in [2.45, 2.75) is 12.1 Å². The number of aromatic carboxylic acids is 1. The maximum atomic E-state index is 13.3. The summed E-state index contributed by atoms with van der Waals surface area (Å²) in [4.78, 5) is 50.3. The number of aliphatic carboxylic acids is 1. The maximum absolute atomic E-state index is 13.3. The molecule has 2 fully saturated rings. The average molecular weight is 475 g/mol. The summed E-state index contributed by atoms with van der Waals surface area (Å²) >= 11 is 3.28. The minimum absolute atomic E-state index is 0.0562. The fourth-order valence-electron chi connectivity index (χ4n) is 4.13. The maximum Gasteiger partial charge on any atom is 0.335 e. The first-order valence-corrected chi connectivity index (χ1v) is 9.68. The number of hydrogen-bond acceptors (Lipinski definition) is 6. The van der Waals surface area contributed by atoms with E-state index in [0.29, 0.717) is 4.47 Å². The molecule has 0 radical (unpaired) electrons. The van der Waals surface area contributed by atoms with Gasteiger partial charge in [-0.25, -0.2) is 9.69 Å². The first kappa shape index (κ1) is 20.0. The molecule has 0 saturated carbocycles. The number of carbonyl (C=O) groups excluding carboxylic acids is 2. The molecule has 2 aliphatic heterocycles. The molecule has 2 aromatic carbocycles. The molecular formula is C20H15BrN2O7. The van der Waals surface area contributed by atoms with Crippen molar-refractivity contribution in [3.63, 3.8) is 0 Å². The van der Waals surface area contributed by atoms with Crippen LogP contribution in [-0.2, 0) is 14.4 Å². The number of aromatic hydroxyl groups is 1. The molecular weight excluding hydrogens is 460 g/mol. The van der Waals surface area contributed by atoms with Crippen molar-refractivity contribution in [2.24, 2.45) is 11.8 Å². The highest BCUT2D eigenvalue weighted by molar-refractivity contribution is 9.10. The van der Waals surface area contributed by atoms with Gasteiger partial charge in [-0.05, 0) is 36.4 Å². The minimum atomic E-state index is -1.34. The van der Waals surface area contributed by atoms with Gasteiger partial charge in [-0.1, -0.05) is 22.0 Å². The third kappa shape index (κ3) is 3.04. The molecule has 30 heavy (non-hydrogen) atoms. The van der Waals surface area contributed by atoms with E-state index in [1.807, 2.05) is 0 Å². The van der Waals surface area contributed by atoms with Crippen LogP contribution in [0.3, 0.4) is 0 Å². The number of benzene rings is 2. The van der Waals surface area contributed by atoms with Gasteiger partial charge in [0, 0.05) is 16.1 Å². The smallest absolute Gasteiger partial charge is 0.335 e. The lowest BCUT2D eigenvalue weighted by molar-refractivity contribution is -0.142. The van der Waals surface area contributed by atoms with Crippen molar-refractivity contribution in [1.29, 1.82) is 0 Å². The second-order valence-electron chi connectivity index (χ2n) is 7.08. The minimum Gasteiger partial charge on any atom is -0.508 e. The number of nitrogens with one attached hydrogen (secondary N) is 1. The van der Waals surface area contributed by atoms with Gasteiger partial charge in [0.1, 0.15) is 11.8 Å². The van der Waals surface area contributed by atoms with E-state index in [-0.39, 0.29) is 22.6 Å². The van der Waals surface area contributed by atoms with Gasteiger partial charge in [0.25, 0.3) is 0 Å². The normalized spacial score (nSPS) is 25.4. The number of amides is 2. The number of carbonyl (C=O) groups is 4. The number of phenols is 1. The van der Waals surface area contributed by atoms with Gasteiger partial charge < -0.3 is 15.3 Å². The van der Waals surface area contributed by atoms with Gasteiger partial charge in [0.2, 0.25) is 11.8 Å². The van der Waals surface area contributed by atoms with Crippen LogP contribution in [0.2, 0.25) is 0 Å². The zero-order valence-corrected chi connectivity index (χ0v) is 16.7. The molecule has 0 bridgehead atoms. The van der Waals surface area contributed by atoms with Gasteiger partial charge in [-0.15, -0.1) is 0 Å². The van der Waals surface area contributed by atoms with Crippen LogP contribution in [0.4, 0.5) is 5.69 Å². The molecule has 2 saturated heterocycles. The van der Waals surface area contributed by atoms with E-state index in [2.05, 4.69) is 21.2 Å². The zero-order chi connectivity index (χ0) is 21.7. The zero-order valence-electron chi connectivity index (χ0n) is 15.2. The van der Waals surface area contributed by atoms with Gasteiger partial charge in [0.15, 0.2) is 0 Å². The highest BCUT2D eigenvalue weighted by Gasteiger charge is 2.61. The molecule has 0 aromatic heterocycles. The SMILES string of the molecule is O=C(O)c1cccc(N2C(=O)[C@H]3[C@H](C2=O)[C@H](c2cc(Br)ccc2O)N[C@H]3C(=O)O)c1. The predicted molar refractivity (Wildman–Crippen MR) is 106 cm³/mol. The Morgan fingerprint density at radius 2 is 1.70 bits per heavy atom. The number of halogens is 1. The summed E-state index contributed by atoms with van der Waals surface area (Å²) in [5.41, 5.74) is 0.227. The molecule has 4 N–H and O–H groups in total. The fraction of sp³-hybridized carbons (Fsp3) is 0.200. The monoisotopic (exact) mass is 474 g/mol. The second-order valence-corrected chi connectivity index (χ2v) is 8.00. The fourth-order valence-corrected chi connectivity index (χ4v) is 4.51. The highest BCUT2D eigenvalue weighted by atomic mass is 79.9. The van der Waals surface area contributed by atoms with Crippen LogP contribution in [0.5, 0.6) is 5.75 Å². The Hall–Kier alpha value is -3.24. The number of hydrogen-bond donors (Lipinski definition) is 4. The number of phenolic OH excluding ortho intramolecular Hbond substituents is 1. The van der Waals surface area contributed by atoms with Crippen LogP contribution >= 0.6 is 15.9 Å². The number of carboxylic acid groups (broad SMARTS) is 2. The van der Waals surface area contributed by atoms with Crippen LogP contribution in [-0.4, -0.2) is 45.1 Å². The van der Waals surface area contributed by atoms with Crippen molar-refractivity contribution < 1.29 is 34.5 Å². The Morgan fingerprint density at radius 3 is 2.37 bits per heavy atom. The Balaban J connectivity index is 1.80. The van der Waals surface area contributed by atoms with Gasteiger partial charge in [0.05, 0.1) is 23.1 Å². The van der Waals surface area contributed by atoms with E-state index in [9.17, 15) is 34.5 Å². The molecule has 2 aliphatic rings. The summed E-state index contributed by atoms with van der Waals surface area (Å²) in [6.45, 7) is 0. The van der Waals surface area contributed by atoms with E-state index in [0.717, 1.165) is 4.90 Å². The van der Waals surface area contributed by atoms with Gasteiger partial charge in [-0.2, -0.15) is 0 Å². The molecule has 4 rings (SSSR count). The summed E-state index contributed by atoms with van der Waals surface area (Å²) in [6, 6.07) is 7.61. The molecule has 2 heterocycles. The topological polar surface area (TPSA) is 144 Å². The lowest BCUT2D eigenvalue weighted by Gasteiger charge is -2.22. The van der Waals surface area contributed by atoms with E-state index < -0.39 is 47.7 Å². The largest absolute Gasteiger partial charge is 0.508 e. The highest BCUT2D eigenvalue weighted by Crippen LogP contribution is 2.47. The predicted octanol–water partition coefficient (Wildman–Crippen LogP) is 1.76. The summed E-state index contributed by atoms with van der Waals surface area (Å²) in [5.74, 6) is -6.34. The average Bonchev–Trinajstić information content (AvgIpc) is 3.21. The number of fused-ring (bicyclic) bond motifs is 1. The van der Waals surface area contributed by atoms with E-state index in [1.54, 1.807) is 12.1 Å². The summed E-state index contributed by atoms with van der Waals surface area (Å²) in [7, 11) is 0. The summed E-state index contributed by atoms with van der Waals surface area (Å²) < 4.78 is 0.607. The second kappa shape index (κ2) is 7.22. The van der Waals surface area contributed by atoms with Crippen LogP contribution in [0.15, 0.2) is 46.9 Å². The first-order chi connectivity index (χ1) is 14.2. The van der Waals surface area contributed by atoms with Crippen molar-refractivity contribution in [3.05, 3.63) is 58.1 Å². The lowest BCUT2D eigenvalue weighted by Crippen LogP contribution is -2.43. The Labute approximate surface area is 178 Å². The van der Waals surface area contributed by atoms with Crippen molar-refractivity contribution in [2.75, 3.05) is 4.90 Å². The van der Waals surface area contributed by atoms with Crippen LogP contribution in [0.1, 0.15) is 22.0 Å². The molecule has 4 atom stereocenters. The molecule has 0 aliphatic carbocycles. The Morgan fingerprint density at radius 1 is 1.00 bits per heavy atom. The van der Waals surface area contributed by atoms with Crippen molar-refractivity contribution >= 4 is 45.4 Å². The number of nitrogens with zero attached hydrogens (tertiary/aromatic N) is 1. The third-order valence-corrected chi connectivity index (χ3v) is 5.91. The Kier molecular flexibility index (Phi) is 4.83. The summed E-state index contributed by atoms with van der Waals surface area (Å²) in [5, 5.41) is 31.9. The molecule has 9 nitrogen and oxygen atoms in total. The van der Waals surface area contributed by atoms with Crippen LogP contribution < -0.4 is 10.2 Å². The molecule has 2 amide bonds. The lowest BCUT2D eigenvalue weighted by atomic mass is 9.86.